The van der Waals surface area contributed by atoms with E-state index in [-0.39, 0.29) is 11.6 Å². The molecule has 19 heavy (non-hydrogen) atoms. The fourth-order valence-corrected chi connectivity index (χ4v) is 2.20. The Hall–Kier alpha value is -1.72. The van der Waals surface area contributed by atoms with Crippen LogP contribution in [0.2, 0.25) is 0 Å². The molecule has 2 atom stereocenters. The number of halogens is 3. The van der Waals surface area contributed by atoms with Crippen LogP contribution >= 0.6 is 0 Å². The fraction of sp³-hybridized carbons (Fsp3) is 0.462. The Labute approximate surface area is 108 Å². The van der Waals surface area contributed by atoms with E-state index in [0.29, 0.717) is 18.5 Å². The first-order chi connectivity index (χ1) is 8.79. The van der Waals surface area contributed by atoms with Crippen LogP contribution in [0.1, 0.15) is 24.0 Å². The molecule has 0 bridgehead atoms. The van der Waals surface area contributed by atoms with Crippen molar-refractivity contribution in [2.24, 2.45) is 5.92 Å². The van der Waals surface area contributed by atoms with Crippen LogP contribution in [0.25, 0.3) is 0 Å². The number of carbonyl (C=O) groups is 1. The minimum absolute atomic E-state index is 0.154. The molecule has 2 rings (SSSR count). The van der Waals surface area contributed by atoms with Gasteiger partial charge in [-0.3, -0.25) is 4.79 Å². The van der Waals surface area contributed by atoms with Gasteiger partial charge in [-0.2, -0.15) is 13.2 Å². The van der Waals surface area contributed by atoms with Gasteiger partial charge in [0.1, 0.15) is 0 Å². The number of anilines is 1. The normalized spacial score (nSPS) is 22.7. The number of carboxylic acids is 1. The Morgan fingerprint density at radius 3 is 2.53 bits per heavy atom. The molecule has 1 saturated carbocycles. The standard InChI is InChI=1S/C13H14F3NO2/c1-7-2-3-8(6-10(7)13(14,15)16)17-11-5-4-9(11)12(18)19/h2-3,6,9,11,17H,4-5H2,1H3,(H,18,19). The van der Waals surface area contributed by atoms with Crippen LogP contribution in [0.15, 0.2) is 18.2 Å². The summed E-state index contributed by atoms with van der Waals surface area (Å²) in [6.07, 6.45) is -3.18. The highest BCUT2D eigenvalue weighted by atomic mass is 19.4. The minimum Gasteiger partial charge on any atom is -0.481 e. The average molecular weight is 273 g/mol. The summed E-state index contributed by atoms with van der Waals surface area (Å²) >= 11 is 0. The van der Waals surface area contributed by atoms with Crippen LogP contribution < -0.4 is 5.32 Å². The molecule has 0 saturated heterocycles. The first kappa shape index (κ1) is 13.7. The summed E-state index contributed by atoms with van der Waals surface area (Å²) in [7, 11) is 0. The van der Waals surface area contributed by atoms with E-state index in [9.17, 15) is 18.0 Å². The van der Waals surface area contributed by atoms with E-state index < -0.39 is 23.6 Å². The third kappa shape index (κ3) is 2.83. The van der Waals surface area contributed by atoms with Crippen LogP contribution in [-0.2, 0) is 11.0 Å². The van der Waals surface area contributed by atoms with E-state index in [2.05, 4.69) is 5.32 Å². The highest BCUT2D eigenvalue weighted by Gasteiger charge is 2.37. The van der Waals surface area contributed by atoms with Crippen LogP contribution in [0.5, 0.6) is 0 Å². The zero-order chi connectivity index (χ0) is 14.2. The molecule has 2 N–H and O–H groups in total. The van der Waals surface area contributed by atoms with Crippen molar-refractivity contribution >= 4 is 11.7 Å². The van der Waals surface area contributed by atoms with E-state index in [1.807, 2.05) is 0 Å². The molecule has 0 radical (unpaired) electrons. The third-order valence-corrected chi connectivity index (χ3v) is 3.49. The van der Waals surface area contributed by atoms with Gasteiger partial charge in [-0.1, -0.05) is 6.07 Å². The van der Waals surface area contributed by atoms with Gasteiger partial charge in [0.2, 0.25) is 0 Å². The SMILES string of the molecule is Cc1ccc(NC2CCC2C(=O)O)cc1C(F)(F)F. The number of hydrogen-bond donors (Lipinski definition) is 2. The van der Waals surface area contributed by atoms with Crippen LogP contribution in [0, 0.1) is 12.8 Å². The summed E-state index contributed by atoms with van der Waals surface area (Å²) in [5, 5.41) is 11.8. The molecule has 1 aromatic carbocycles. The monoisotopic (exact) mass is 273 g/mol. The largest absolute Gasteiger partial charge is 0.481 e. The topological polar surface area (TPSA) is 49.3 Å². The Morgan fingerprint density at radius 2 is 2.05 bits per heavy atom. The maximum atomic E-state index is 12.7. The number of nitrogens with one attached hydrogen (secondary N) is 1. The average Bonchev–Trinajstić information content (AvgIpc) is 2.23. The number of rotatable bonds is 3. The van der Waals surface area contributed by atoms with Crippen molar-refractivity contribution < 1.29 is 23.1 Å². The maximum absolute atomic E-state index is 12.7. The number of alkyl halides is 3. The number of hydrogen-bond acceptors (Lipinski definition) is 2. The maximum Gasteiger partial charge on any atom is 0.416 e. The van der Waals surface area contributed by atoms with Crippen molar-refractivity contribution in [1.82, 2.24) is 0 Å². The Morgan fingerprint density at radius 1 is 1.37 bits per heavy atom. The molecule has 1 fully saturated rings. The summed E-state index contributed by atoms with van der Waals surface area (Å²) in [5.74, 6) is -1.43. The van der Waals surface area contributed by atoms with Gasteiger partial charge >= 0.3 is 12.1 Å². The minimum atomic E-state index is -4.40. The molecular weight excluding hydrogens is 259 g/mol. The Balaban J connectivity index is 2.16. The van der Waals surface area contributed by atoms with Gasteiger partial charge in [-0.25, -0.2) is 0 Å². The molecule has 1 aliphatic rings. The third-order valence-electron chi connectivity index (χ3n) is 3.49. The van der Waals surface area contributed by atoms with Crippen molar-refractivity contribution in [3.63, 3.8) is 0 Å². The Kier molecular flexibility index (Phi) is 3.43. The molecule has 104 valence electrons. The van der Waals surface area contributed by atoms with Crippen molar-refractivity contribution in [1.29, 1.82) is 0 Å². The highest BCUT2D eigenvalue weighted by Crippen LogP contribution is 2.35. The lowest BCUT2D eigenvalue weighted by atomic mass is 9.79. The van der Waals surface area contributed by atoms with Gasteiger partial charge in [0.25, 0.3) is 0 Å². The second-order valence-corrected chi connectivity index (χ2v) is 4.80. The zero-order valence-electron chi connectivity index (χ0n) is 10.3. The molecule has 0 amide bonds. The summed E-state index contributed by atoms with van der Waals surface area (Å²) in [6, 6.07) is 3.68. The first-order valence-corrected chi connectivity index (χ1v) is 5.96. The van der Waals surface area contributed by atoms with Crippen molar-refractivity contribution in [3.8, 4) is 0 Å². The van der Waals surface area contributed by atoms with Crippen LogP contribution in [0.4, 0.5) is 18.9 Å². The van der Waals surface area contributed by atoms with E-state index in [0.717, 1.165) is 6.07 Å². The van der Waals surface area contributed by atoms with E-state index >= 15 is 0 Å². The highest BCUT2D eigenvalue weighted by molar-refractivity contribution is 5.73. The van der Waals surface area contributed by atoms with Gasteiger partial charge in [-0.05, 0) is 37.5 Å². The molecule has 0 aromatic heterocycles. The molecule has 1 aliphatic carbocycles. The smallest absolute Gasteiger partial charge is 0.416 e. The predicted octanol–water partition coefficient (Wildman–Crippen LogP) is 3.29. The van der Waals surface area contributed by atoms with E-state index in [4.69, 9.17) is 5.11 Å². The summed E-state index contributed by atoms with van der Waals surface area (Å²) < 4.78 is 38.2. The zero-order valence-corrected chi connectivity index (χ0v) is 10.3. The van der Waals surface area contributed by atoms with Gasteiger partial charge < -0.3 is 10.4 Å². The molecule has 0 heterocycles. The lowest BCUT2D eigenvalue weighted by Gasteiger charge is -2.34. The molecular formula is C13H14F3NO2. The second kappa shape index (κ2) is 4.75. The summed E-state index contributed by atoms with van der Waals surface area (Å²) in [6.45, 7) is 1.40. The molecule has 0 spiro atoms. The van der Waals surface area contributed by atoms with Crippen molar-refractivity contribution in [2.45, 2.75) is 32.0 Å². The number of carboxylic acid groups (broad SMARTS) is 1. The quantitative estimate of drug-likeness (QED) is 0.888. The van der Waals surface area contributed by atoms with Gasteiger partial charge in [-0.15, -0.1) is 0 Å². The molecule has 3 nitrogen and oxygen atoms in total. The molecule has 6 heteroatoms. The second-order valence-electron chi connectivity index (χ2n) is 4.80. The predicted molar refractivity (Wildman–Crippen MR) is 64.0 cm³/mol. The first-order valence-electron chi connectivity index (χ1n) is 5.96. The van der Waals surface area contributed by atoms with E-state index in [1.54, 1.807) is 6.07 Å². The van der Waals surface area contributed by atoms with Crippen LogP contribution in [0.3, 0.4) is 0 Å². The molecule has 1 aromatic rings. The van der Waals surface area contributed by atoms with E-state index in [1.165, 1.54) is 13.0 Å². The number of aliphatic carboxylic acids is 1. The molecule has 0 aliphatic heterocycles. The number of benzene rings is 1. The van der Waals surface area contributed by atoms with Gasteiger partial charge in [0, 0.05) is 11.7 Å². The van der Waals surface area contributed by atoms with Crippen LogP contribution in [-0.4, -0.2) is 17.1 Å². The lowest BCUT2D eigenvalue weighted by molar-refractivity contribution is -0.145. The summed E-state index contributed by atoms with van der Waals surface area (Å²) in [5.41, 5.74) is -0.223. The summed E-state index contributed by atoms with van der Waals surface area (Å²) in [4.78, 5) is 10.8. The van der Waals surface area contributed by atoms with Gasteiger partial charge in [0.15, 0.2) is 0 Å². The Bertz CT molecular complexity index is 499. The van der Waals surface area contributed by atoms with Crippen molar-refractivity contribution in [3.05, 3.63) is 29.3 Å². The fourth-order valence-electron chi connectivity index (χ4n) is 2.20. The van der Waals surface area contributed by atoms with Crippen molar-refractivity contribution in [2.75, 3.05) is 5.32 Å². The lowest BCUT2D eigenvalue weighted by Crippen LogP contribution is -2.43. The van der Waals surface area contributed by atoms with Gasteiger partial charge in [0.05, 0.1) is 11.5 Å². The number of aryl methyl sites for hydroxylation is 1. The molecule has 2 unspecified atom stereocenters.